The van der Waals surface area contributed by atoms with Gasteiger partial charge in [-0.15, -0.1) is 12.4 Å². The number of halogens is 1. The molecule has 1 aromatic carbocycles. The first-order valence-electron chi connectivity index (χ1n) is 7.86. The predicted molar refractivity (Wildman–Crippen MR) is 95.9 cm³/mol. The highest BCUT2D eigenvalue weighted by atomic mass is 35.5. The van der Waals surface area contributed by atoms with Crippen LogP contribution < -0.4 is 10.0 Å². The van der Waals surface area contributed by atoms with Crippen LogP contribution in [0, 0.1) is 5.92 Å². The summed E-state index contributed by atoms with van der Waals surface area (Å²) >= 11 is 0. The minimum atomic E-state index is -3.48. The van der Waals surface area contributed by atoms with E-state index in [1.54, 1.807) is 24.3 Å². The molecule has 1 unspecified atom stereocenters. The quantitative estimate of drug-likeness (QED) is 0.707. The summed E-state index contributed by atoms with van der Waals surface area (Å²) in [5, 5.41) is 3.32. The number of methoxy groups -OCH3 is 1. The molecule has 2 N–H and O–H groups in total. The van der Waals surface area contributed by atoms with Gasteiger partial charge in [-0.1, -0.05) is 18.2 Å². The van der Waals surface area contributed by atoms with Crippen molar-refractivity contribution in [3.05, 3.63) is 35.4 Å². The highest BCUT2D eigenvalue weighted by Gasteiger charge is 2.19. The van der Waals surface area contributed by atoms with Crippen molar-refractivity contribution in [2.45, 2.75) is 25.0 Å². The number of sulfonamides is 1. The molecule has 6 nitrogen and oxygen atoms in total. The van der Waals surface area contributed by atoms with E-state index >= 15 is 0 Å². The fraction of sp³-hybridized carbons (Fsp3) is 0.562. The molecule has 0 spiro atoms. The molecule has 24 heavy (non-hydrogen) atoms. The highest BCUT2D eigenvalue weighted by molar-refractivity contribution is 7.88. The fourth-order valence-corrected chi connectivity index (χ4v) is 3.99. The van der Waals surface area contributed by atoms with Crippen LogP contribution in [0.4, 0.5) is 0 Å². The lowest BCUT2D eigenvalue weighted by Gasteiger charge is -2.22. The molecule has 1 saturated heterocycles. The molecule has 136 valence electrons. The van der Waals surface area contributed by atoms with Crippen molar-refractivity contribution in [3.63, 3.8) is 0 Å². The maximum Gasteiger partial charge on any atom is 0.338 e. The standard InChI is InChI=1S/C16H24N2O4S.ClH/c1-22-16(19)15-7-3-2-6-14(15)12-23(20,21)18-10-8-13-5-4-9-17-11-13;/h2-3,6-7,13,17-18H,4-5,8-12H2,1H3;1H. The number of benzene rings is 1. The SMILES string of the molecule is COC(=O)c1ccccc1CS(=O)(=O)NCCC1CCCNC1.Cl. The number of nitrogens with one attached hydrogen (secondary N) is 2. The lowest BCUT2D eigenvalue weighted by molar-refractivity contribution is 0.0600. The molecule has 1 aliphatic heterocycles. The lowest BCUT2D eigenvalue weighted by Crippen LogP contribution is -2.33. The third kappa shape index (κ3) is 6.39. The number of piperidine rings is 1. The van der Waals surface area contributed by atoms with Crippen molar-refractivity contribution in [3.8, 4) is 0 Å². The monoisotopic (exact) mass is 376 g/mol. The lowest BCUT2D eigenvalue weighted by atomic mass is 9.96. The van der Waals surface area contributed by atoms with Crippen LogP contribution in [0.15, 0.2) is 24.3 Å². The fourth-order valence-electron chi connectivity index (χ4n) is 2.80. The summed E-state index contributed by atoms with van der Waals surface area (Å²) in [7, 11) is -2.20. The predicted octanol–water partition coefficient (Wildman–Crippen LogP) is 1.70. The molecule has 1 aliphatic rings. The third-order valence-electron chi connectivity index (χ3n) is 4.04. The zero-order valence-electron chi connectivity index (χ0n) is 13.8. The van der Waals surface area contributed by atoms with Gasteiger partial charge in [-0.25, -0.2) is 17.9 Å². The molecule has 1 aromatic rings. The van der Waals surface area contributed by atoms with E-state index < -0.39 is 16.0 Å². The van der Waals surface area contributed by atoms with Crippen LogP contribution in [0.3, 0.4) is 0 Å². The van der Waals surface area contributed by atoms with Gasteiger partial charge in [-0.05, 0) is 49.9 Å². The Morgan fingerprint density at radius 3 is 2.79 bits per heavy atom. The Morgan fingerprint density at radius 1 is 1.38 bits per heavy atom. The van der Waals surface area contributed by atoms with E-state index in [1.165, 1.54) is 7.11 Å². The van der Waals surface area contributed by atoms with E-state index in [9.17, 15) is 13.2 Å². The molecule has 1 fully saturated rings. The van der Waals surface area contributed by atoms with Crippen LogP contribution in [0.1, 0.15) is 35.2 Å². The second kappa shape index (κ2) is 9.98. The van der Waals surface area contributed by atoms with E-state index in [0.717, 1.165) is 32.4 Å². The van der Waals surface area contributed by atoms with Gasteiger partial charge in [-0.3, -0.25) is 0 Å². The number of hydrogen-bond donors (Lipinski definition) is 2. The molecule has 1 heterocycles. The first-order chi connectivity index (χ1) is 11.0. The minimum Gasteiger partial charge on any atom is -0.465 e. The molecule has 0 aliphatic carbocycles. The van der Waals surface area contributed by atoms with Crippen LogP contribution in [0.25, 0.3) is 0 Å². The zero-order chi connectivity index (χ0) is 16.7. The second-order valence-electron chi connectivity index (χ2n) is 5.80. The van der Waals surface area contributed by atoms with Crippen molar-refractivity contribution in [2.24, 2.45) is 5.92 Å². The molecule has 0 bridgehead atoms. The van der Waals surface area contributed by atoms with Gasteiger partial charge in [0.2, 0.25) is 10.0 Å². The van der Waals surface area contributed by atoms with E-state index in [-0.39, 0.29) is 23.7 Å². The van der Waals surface area contributed by atoms with E-state index in [1.807, 2.05) is 0 Å². The highest BCUT2D eigenvalue weighted by Crippen LogP contribution is 2.15. The van der Waals surface area contributed by atoms with Crippen molar-refractivity contribution < 1.29 is 17.9 Å². The third-order valence-corrected chi connectivity index (χ3v) is 5.38. The Balaban J connectivity index is 0.00000288. The van der Waals surface area contributed by atoms with Crippen molar-refractivity contribution in [1.29, 1.82) is 0 Å². The summed E-state index contributed by atoms with van der Waals surface area (Å²) in [5.74, 6) is -0.223. The summed E-state index contributed by atoms with van der Waals surface area (Å²) in [6.07, 6.45) is 3.11. The molecule has 0 saturated carbocycles. The van der Waals surface area contributed by atoms with Gasteiger partial charge in [0.15, 0.2) is 0 Å². The van der Waals surface area contributed by atoms with Crippen LogP contribution in [0.5, 0.6) is 0 Å². The van der Waals surface area contributed by atoms with Gasteiger partial charge in [0, 0.05) is 6.54 Å². The van der Waals surface area contributed by atoms with Crippen LogP contribution in [-0.2, 0) is 20.5 Å². The minimum absolute atomic E-state index is 0. The van der Waals surface area contributed by atoms with Crippen molar-refractivity contribution in [2.75, 3.05) is 26.7 Å². The summed E-state index contributed by atoms with van der Waals surface area (Å²) in [6.45, 7) is 2.43. The topological polar surface area (TPSA) is 84.5 Å². The Hall–Kier alpha value is -1.15. The van der Waals surface area contributed by atoms with Crippen LogP contribution in [-0.4, -0.2) is 41.1 Å². The number of hydrogen-bond acceptors (Lipinski definition) is 5. The number of carbonyl (C=O) groups is 1. The molecule has 2 rings (SSSR count). The van der Waals surface area contributed by atoms with E-state index in [4.69, 9.17) is 4.74 Å². The molecule has 1 atom stereocenters. The zero-order valence-corrected chi connectivity index (χ0v) is 15.4. The average Bonchev–Trinajstić information content (AvgIpc) is 2.55. The number of rotatable bonds is 7. The van der Waals surface area contributed by atoms with E-state index in [0.29, 0.717) is 18.0 Å². The summed E-state index contributed by atoms with van der Waals surface area (Å²) in [6, 6.07) is 6.61. The smallest absolute Gasteiger partial charge is 0.338 e. The molecule has 0 radical (unpaired) electrons. The molecular formula is C16H25ClN2O4S. The molecular weight excluding hydrogens is 352 g/mol. The summed E-state index contributed by atoms with van der Waals surface area (Å²) in [5.41, 5.74) is 0.739. The van der Waals surface area contributed by atoms with Gasteiger partial charge >= 0.3 is 5.97 Å². The maximum absolute atomic E-state index is 12.2. The summed E-state index contributed by atoms with van der Waals surface area (Å²) in [4.78, 5) is 11.7. The molecule has 0 amide bonds. The Bertz CT molecular complexity index is 631. The normalized spacial score (nSPS) is 17.8. The Kier molecular flexibility index (Phi) is 8.69. The maximum atomic E-state index is 12.2. The first kappa shape index (κ1) is 20.9. The van der Waals surface area contributed by atoms with Gasteiger partial charge in [0.05, 0.1) is 18.4 Å². The largest absolute Gasteiger partial charge is 0.465 e. The number of esters is 1. The summed E-state index contributed by atoms with van der Waals surface area (Å²) < 4.78 is 31.8. The van der Waals surface area contributed by atoms with Gasteiger partial charge in [-0.2, -0.15) is 0 Å². The van der Waals surface area contributed by atoms with E-state index in [2.05, 4.69) is 10.0 Å². The first-order valence-corrected chi connectivity index (χ1v) is 9.51. The molecule has 8 heteroatoms. The van der Waals surface area contributed by atoms with Crippen LogP contribution in [0.2, 0.25) is 0 Å². The van der Waals surface area contributed by atoms with Gasteiger partial charge < -0.3 is 10.1 Å². The van der Waals surface area contributed by atoms with Gasteiger partial charge in [0.25, 0.3) is 0 Å². The molecule has 0 aromatic heterocycles. The van der Waals surface area contributed by atoms with Crippen molar-refractivity contribution >= 4 is 28.4 Å². The number of carbonyl (C=O) groups excluding carboxylic acids is 1. The van der Waals surface area contributed by atoms with Gasteiger partial charge in [0.1, 0.15) is 0 Å². The average molecular weight is 377 g/mol. The number of ether oxygens (including phenoxy) is 1. The Labute approximate surface area is 149 Å². The second-order valence-corrected chi connectivity index (χ2v) is 7.61. The Morgan fingerprint density at radius 2 is 2.12 bits per heavy atom. The van der Waals surface area contributed by atoms with Crippen molar-refractivity contribution in [1.82, 2.24) is 10.0 Å². The van der Waals surface area contributed by atoms with Crippen LogP contribution >= 0.6 is 12.4 Å².